The van der Waals surface area contributed by atoms with Crippen LogP contribution in [0, 0.1) is 0 Å². The van der Waals surface area contributed by atoms with Crippen molar-refractivity contribution < 1.29 is 32.2 Å². The van der Waals surface area contributed by atoms with Crippen LogP contribution < -0.4 is 14.9 Å². The molecule has 1 heterocycles. The van der Waals surface area contributed by atoms with E-state index in [1.807, 2.05) is 18.7 Å². The summed E-state index contributed by atoms with van der Waals surface area (Å²) in [5.74, 6) is -2.29. The quantitative estimate of drug-likeness (QED) is 0.551. The molecule has 0 aliphatic rings. The third kappa shape index (κ3) is 4.61. The van der Waals surface area contributed by atoms with Gasteiger partial charge in [-0.15, -0.1) is 0 Å². The number of aromatic hydroxyl groups is 1. The van der Waals surface area contributed by atoms with Gasteiger partial charge in [0.2, 0.25) is 11.2 Å². The topological polar surface area (TPSA) is 72.1 Å². The molecular formula is C22H22F3NO5. The lowest BCUT2D eigenvalue weighted by Gasteiger charge is -2.20. The van der Waals surface area contributed by atoms with Gasteiger partial charge in [0, 0.05) is 6.54 Å². The predicted molar refractivity (Wildman–Crippen MR) is 109 cm³/mol. The summed E-state index contributed by atoms with van der Waals surface area (Å²) in [6.07, 6.45) is -4.99. The Kier molecular flexibility index (Phi) is 6.45. The fraction of sp³-hybridized carbons (Fsp3) is 0.318. The van der Waals surface area contributed by atoms with Crippen LogP contribution in [0.4, 0.5) is 13.2 Å². The normalized spacial score (nSPS) is 11.8. The molecule has 166 valence electrons. The molecular weight excluding hydrogens is 415 g/mol. The second-order valence-corrected chi connectivity index (χ2v) is 6.77. The molecule has 0 aliphatic carbocycles. The molecule has 1 N–H and O–H groups in total. The standard InChI is InChI=1S/C22H22F3NO5/c1-4-26(5-2)12-16-17(27)11-10-15-18(28)20(21(22(23,24)25)31-19(15)16)30-14-8-6-13(29-3)7-9-14/h6-11,27H,4-5,12H2,1-3H3. The minimum Gasteiger partial charge on any atom is -0.507 e. The highest BCUT2D eigenvalue weighted by atomic mass is 19.4. The zero-order valence-corrected chi connectivity index (χ0v) is 17.2. The van der Waals surface area contributed by atoms with Gasteiger partial charge in [0.05, 0.1) is 18.1 Å². The van der Waals surface area contributed by atoms with E-state index in [9.17, 15) is 23.1 Å². The Morgan fingerprint density at radius 2 is 1.65 bits per heavy atom. The van der Waals surface area contributed by atoms with Crippen molar-refractivity contribution in [3.8, 4) is 23.0 Å². The molecule has 9 heteroatoms. The van der Waals surface area contributed by atoms with Crippen LogP contribution in [-0.2, 0) is 12.7 Å². The number of rotatable bonds is 7. The SMILES string of the molecule is CCN(CC)Cc1c(O)ccc2c(=O)c(Oc3ccc(OC)cc3)c(C(F)(F)F)oc12. The van der Waals surface area contributed by atoms with Crippen LogP contribution in [0.3, 0.4) is 0 Å². The first kappa shape index (κ1) is 22.5. The van der Waals surface area contributed by atoms with Gasteiger partial charge in [-0.25, -0.2) is 0 Å². The number of phenols is 1. The van der Waals surface area contributed by atoms with Crippen molar-refractivity contribution in [3.63, 3.8) is 0 Å². The highest BCUT2D eigenvalue weighted by molar-refractivity contribution is 5.83. The molecule has 0 atom stereocenters. The molecule has 0 radical (unpaired) electrons. The van der Waals surface area contributed by atoms with Crippen molar-refractivity contribution in [2.75, 3.05) is 20.2 Å². The van der Waals surface area contributed by atoms with E-state index in [0.717, 1.165) is 0 Å². The summed E-state index contributed by atoms with van der Waals surface area (Å²) in [4.78, 5) is 14.9. The third-order valence-corrected chi connectivity index (χ3v) is 4.91. The monoisotopic (exact) mass is 437 g/mol. The number of fused-ring (bicyclic) bond motifs is 1. The van der Waals surface area contributed by atoms with Gasteiger partial charge in [0.25, 0.3) is 5.76 Å². The molecule has 31 heavy (non-hydrogen) atoms. The molecule has 0 saturated carbocycles. The molecule has 6 nitrogen and oxygen atoms in total. The zero-order valence-electron chi connectivity index (χ0n) is 17.2. The molecule has 0 aliphatic heterocycles. The van der Waals surface area contributed by atoms with E-state index in [0.29, 0.717) is 18.8 Å². The minimum atomic E-state index is -4.99. The van der Waals surface area contributed by atoms with E-state index < -0.39 is 23.1 Å². The van der Waals surface area contributed by atoms with Crippen molar-refractivity contribution in [3.05, 3.63) is 57.9 Å². The predicted octanol–water partition coefficient (Wildman–Crippen LogP) is 5.16. The Morgan fingerprint density at radius 1 is 1.03 bits per heavy atom. The molecule has 2 aromatic carbocycles. The Bertz CT molecular complexity index is 1120. The van der Waals surface area contributed by atoms with E-state index in [1.54, 1.807) is 0 Å². The number of hydrogen-bond acceptors (Lipinski definition) is 6. The van der Waals surface area contributed by atoms with E-state index in [4.69, 9.17) is 13.9 Å². The van der Waals surface area contributed by atoms with Crippen LogP contribution in [-0.4, -0.2) is 30.2 Å². The molecule has 0 unspecified atom stereocenters. The highest BCUT2D eigenvalue weighted by Crippen LogP contribution is 2.40. The van der Waals surface area contributed by atoms with E-state index in [-0.39, 0.29) is 34.6 Å². The summed E-state index contributed by atoms with van der Waals surface area (Å²) in [5.41, 5.74) is -1.18. The summed E-state index contributed by atoms with van der Waals surface area (Å²) in [5, 5.41) is 10.2. The van der Waals surface area contributed by atoms with E-state index >= 15 is 0 Å². The second kappa shape index (κ2) is 8.89. The Morgan fingerprint density at radius 3 is 2.19 bits per heavy atom. The summed E-state index contributed by atoms with van der Waals surface area (Å²) in [7, 11) is 1.45. The first-order valence-corrected chi connectivity index (χ1v) is 9.62. The maximum atomic E-state index is 13.8. The van der Waals surface area contributed by atoms with E-state index in [2.05, 4.69) is 0 Å². The van der Waals surface area contributed by atoms with Crippen LogP contribution in [0.25, 0.3) is 11.0 Å². The van der Waals surface area contributed by atoms with Crippen LogP contribution in [0.2, 0.25) is 0 Å². The van der Waals surface area contributed by atoms with Crippen molar-refractivity contribution in [2.24, 2.45) is 0 Å². The third-order valence-electron chi connectivity index (χ3n) is 4.91. The number of ether oxygens (including phenoxy) is 2. The van der Waals surface area contributed by atoms with Crippen LogP contribution in [0.1, 0.15) is 25.2 Å². The Labute approximate surface area is 176 Å². The molecule has 0 saturated heterocycles. The van der Waals surface area contributed by atoms with Gasteiger partial charge >= 0.3 is 6.18 Å². The average molecular weight is 437 g/mol. The summed E-state index contributed by atoms with van der Waals surface area (Å²) in [6, 6.07) is 8.24. The summed E-state index contributed by atoms with van der Waals surface area (Å²) in [6.45, 7) is 5.07. The first-order valence-electron chi connectivity index (χ1n) is 9.62. The molecule has 0 fully saturated rings. The summed E-state index contributed by atoms with van der Waals surface area (Å²) >= 11 is 0. The maximum absolute atomic E-state index is 13.8. The summed E-state index contributed by atoms with van der Waals surface area (Å²) < 4.78 is 56.9. The Hall–Kier alpha value is -3.20. The Balaban J connectivity index is 2.22. The smallest absolute Gasteiger partial charge is 0.453 e. The molecule has 0 bridgehead atoms. The lowest BCUT2D eigenvalue weighted by atomic mass is 10.1. The number of benzene rings is 2. The van der Waals surface area contributed by atoms with Crippen LogP contribution in [0.15, 0.2) is 45.6 Å². The first-order chi connectivity index (χ1) is 14.7. The number of alkyl halides is 3. The minimum absolute atomic E-state index is 0.0140. The van der Waals surface area contributed by atoms with Gasteiger partial charge in [0.1, 0.15) is 22.8 Å². The second-order valence-electron chi connectivity index (χ2n) is 6.77. The maximum Gasteiger partial charge on any atom is 0.453 e. The van der Waals surface area contributed by atoms with Crippen LogP contribution >= 0.6 is 0 Å². The molecule has 3 aromatic rings. The van der Waals surface area contributed by atoms with Crippen molar-refractivity contribution >= 4 is 11.0 Å². The van der Waals surface area contributed by atoms with Crippen LogP contribution in [0.5, 0.6) is 23.0 Å². The largest absolute Gasteiger partial charge is 0.507 e. The van der Waals surface area contributed by atoms with Gasteiger partial charge in [-0.3, -0.25) is 9.69 Å². The molecule has 1 aromatic heterocycles. The number of phenolic OH excluding ortho intramolecular Hbond substituents is 1. The lowest BCUT2D eigenvalue weighted by Crippen LogP contribution is -2.23. The van der Waals surface area contributed by atoms with Gasteiger partial charge in [-0.1, -0.05) is 13.8 Å². The van der Waals surface area contributed by atoms with Gasteiger partial charge in [-0.05, 0) is 49.5 Å². The zero-order chi connectivity index (χ0) is 22.8. The molecule has 3 rings (SSSR count). The van der Waals surface area contributed by atoms with Crippen molar-refractivity contribution in [1.29, 1.82) is 0 Å². The molecule has 0 amide bonds. The fourth-order valence-electron chi connectivity index (χ4n) is 3.15. The number of halogens is 3. The van der Waals surface area contributed by atoms with Gasteiger partial charge in [-0.2, -0.15) is 13.2 Å². The van der Waals surface area contributed by atoms with Crippen molar-refractivity contribution in [1.82, 2.24) is 4.90 Å². The van der Waals surface area contributed by atoms with Crippen molar-refractivity contribution in [2.45, 2.75) is 26.6 Å². The number of nitrogens with zero attached hydrogens (tertiary/aromatic N) is 1. The fourth-order valence-corrected chi connectivity index (χ4v) is 3.15. The average Bonchev–Trinajstić information content (AvgIpc) is 2.74. The lowest BCUT2D eigenvalue weighted by molar-refractivity contribution is -0.154. The highest BCUT2D eigenvalue weighted by Gasteiger charge is 2.41. The van der Waals surface area contributed by atoms with Gasteiger partial charge in [0.15, 0.2) is 0 Å². The molecule has 0 spiro atoms. The van der Waals surface area contributed by atoms with E-state index in [1.165, 1.54) is 43.5 Å². The number of hydrogen-bond donors (Lipinski definition) is 1. The van der Waals surface area contributed by atoms with Gasteiger partial charge < -0.3 is 19.0 Å². The number of methoxy groups -OCH3 is 1.